The number of para-hydroxylation sites is 1. The van der Waals surface area contributed by atoms with Gasteiger partial charge in [0.05, 0.1) is 23.9 Å². The van der Waals surface area contributed by atoms with E-state index in [1.807, 2.05) is 58.0 Å². The molecule has 0 spiro atoms. The predicted octanol–water partition coefficient (Wildman–Crippen LogP) is 4.62. The van der Waals surface area contributed by atoms with Crippen molar-refractivity contribution in [2.24, 2.45) is 11.7 Å². The molecule has 38 heavy (non-hydrogen) atoms. The lowest BCUT2D eigenvalue weighted by atomic mass is 9.89. The van der Waals surface area contributed by atoms with Gasteiger partial charge in [-0.3, -0.25) is 9.78 Å². The average molecular weight is 520 g/mol. The van der Waals surface area contributed by atoms with Gasteiger partial charge >= 0.3 is 5.97 Å². The number of fused-ring (bicyclic) bond motifs is 1. The van der Waals surface area contributed by atoms with Gasteiger partial charge in [-0.2, -0.15) is 0 Å². The van der Waals surface area contributed by atoms with E-state index < -0.39 is 17.6 Å². The number of hydrogen-bond donors (Lipinski definition) is 2. The first-order valence-electron chi connectivity index (χ1n) is 13.1. The van der Waals surface area contributed by atoms with Gasteiger partial charge in [-0.15, -0.1) is 0 Å². The normalized spacial score (nSPS) is 18.5. The molecule has 1 aromatic heterocycles. The molecule has 1 fully saturated rings. The van der Waals surface area contributed by atoms with Crippen LogP contribution in [-0.4, -0.2) is 45.6 Å². The zero-order valence-corrected chi connectivity index (χ0v) is 22.5. The van der Waals surface area contributed by atoms with Crippen LogP contribution < -0.4 is 10.5 Å². The highest BCUT2D eigenvalue weighted by Gasteiger charge is 2.48. The molecule has 4 rings (SSSR count). The molecule has 1 aliphatic rings. The Labute approximate surface area is 223 Å². The van der Waals surface area contributed by atoms with E-state index in [1.54, 1.807) is 24.3 Å². The number of nitrogens with two attached hydrogens (primary N) is 1. The summed E-state index contributed by atoms with van der Waals surface area (Å²) in [4.78, 5) is 31.3. The predicted molar refractivity (Wildman–Crippen MR) is 146 cm³/mol. The number of ether oxygens (including phenoxy) is 2. The molecule has 202 valence electrons. The number of nitrogens with zero attached hydrogens (tertiary/aromatic N) is 2. The molecule has 3 N–H and O–H groups in total. The van der Waals surface area contributed by atoms with Gasteiger partial charge in [-0.05, 0) is 62.4 Å². The number of likely N-dealkylation sites (tertiary alicyclic amines) is 1. The summed E-state index contributed by atoms with van der Waals surface area (Å²) in [5.41, 5.74) is 8.71. The van der Waals surface area contributed by atoms with Gasteiger partial charge in [-0.25, -0.2) is 4.79 Å². The Morgan fingerprint density at radius 2 is 1.82 bits per heavy atom. The van der Waals surface area contributed by atoms with Gasteiger partial charge in [-0.1, -0.05) is 44.2 Å². The van der Waals surface area contributed by atoms with E-state index in [2.05, 4.69) is 0 Å². The van der Waals surface area contributed by atoms with Crippen molar-refractivity contribution in [2.75, 3.05) is 6.54 Å². The molecule has 2 atom stereocenters. The van der Waals surface area contributed by atoms with Crippen LogP contribution in [0.3, 0.4) is 0 Å². The number of benzene rings is 2. The summed E-state index contributed by atoms with van der Waals surface area (Å²) < 4.78 is 11.9. The number of aromatic nitrogens is 1. The third-order valence-corrected chi connectivity index (χ3v) is 6.93. The molecule has 2 heterocycles. The lowest BCUT2D eigenvalue weighted by Gasteiger charge is -2.28. The molecule has 1 saturated heterocycles. The number of rotatable bonds is 11. The number of amides is 1. The summed E-state index contributed by atoms with van der Waals surface area (Å²) in [7, 11) is 0. The fraction of sp³-hybridized carbons (Fsp3) is 0.433. The van der Waals surface area contributed by atoms with Crippen molar-refractivity contribution < 1.29 is 24.2 Å². The highest BCUT2D eigenvalue weighted by molar-refractivity contribution is 5.93. The largest absolute Gasteiger partial charge is 0.489 e. The van der Waals surface area contributed by atoms with Crippen LogP contribution >= 0.6 is 0 Å². The molecule has 0 radical (unpaired) electrons. The lowest BCUT2D eigenvalue weighted by Crippen LogP contribution is -2.50. The molecule has 8 heteroatoms. The van der Waals surface area contributed by atoms with Gasteiger partial charge in [0, 0.05) is 17.5 Å². The van der Waals surface area contributed by atoms with Crippen LogP contribution in [0.1, 0.15) is 57.4 Å². The molecular weight excluding hydrogens is 482 g/mol. The Hall–Kier alpha value is -3.49. The van der Waals surface area contributed by atoms with Crippen LogP contribution in [0, 0.1) is 5.92 Å². The lowest BCUT2D eigenvalue weighted by molar-refractivity contribution is -0.150. The first kappa shape index (κ1) is 27.5. The molecule has 1 amide bonds. The minimum Gasteiger partial charge on any atom is -0.489 e. The first-order valence-corrected chi connectivity index (χ1v) is 13.1. The van der Waals surface area contributed by atoms with E-state index in [9.17, 15) is 14.7 Å². The molecule has 0 bridgehead atoms. The van der Waals surface area contributed by atoms with E-state index >= 15 is 0 Å². The maximum Gasteiger partial charge on any atom is 0.326 e. The van der Waals surface area contributed by atoms with E-state index in [4.69, 9.17) is 20.2 Å². The molecule has 2 aromatic carbocycles. The van der Waals surface area contributed by atoms with Gasteiger partial charge < -0.3 is 25.2 Å². The Bertz CT molecular complexity index is 1290. The molecule has 8 nitrogen and oxygen atoms in total. The number of carbonyl (C=O) groups is 2. The summed E-state index contributed by atoms with van der Waals surface area (Å²) in [5, 5.41) is 10.7. The number of carboxylic acids is 1. The van der Waals surface area contributed by atoms with Crippen LogP contribution in [0.25, 0.3) is 10.9 Å². The maximum atomic E-state index is 13.3. The number of carbonyl (C=O) groups excluding carboxylic acids is 1. The number of carboxylic acid groups (broad SMARTS) is 1. The molecule has 0 saturated carbocycles. The Kier molecular flexibility index (Phi) is 8.33. The second kappa shape index (κ2) is 11.5. The van der Waals surface area contributed by atoms with Crippen LogP contribution in [-0.2, 0) is 33.1 Å². The highest BCUT2D eigenvalue weighted by Crippen LogP contribution is 2.34. The quantitative estimate of drug-likeness (QED) is 0.380. The van der Waals surface area contributed by atoms with Crippen molar-refractivity contribution in [1.82, 2.24) is 9.88 Å². The number of hydrogen-bond acceptors (Lipinski definition) is 6. The fourth-order valence-electron chi connectivity index (χ4n) is 4.90. The van der Waals surface area contributed by atoms with Crippen molar-refractivity contribution in [3.63, 3.8) is 0 Å². The monoisotopic (exact) mass is 519 g/mol. The highest BCUT2D eigenvalue weighted by atomic mass is 16.5. The third-order valence-electron chi connectivity index (χ3n) is 6.93. The van der Waals surface area contributed by atoms with Crippen molar-refractivity contribution in [3.8, 4) is 5.75 Å². The number of aliphatic carboxylic acids is 1. The molecule has 1 aliphatic heterocycles. The van der Waals surface area contributed by atoms with Gasteiger partial charge in [0.2, 0.25) is 5.91 Å². The minimum atomic E-state index is -1.25. The Morgan fingerprint density at radius 3 is 2.47 bits per heavy atom. The van der Waals surface area contributed by atoms with Crippen molar-refractivity contribution in [1.29, 1.82) is 0 Å². The minimum absolute atomic E-state index is 0.108. The summed E-state index contributed by atoms with van der Waals surface area (Å²) in [6.45, 7) is 8.95. The van der Waals surface area contributed by atoms with E-state index in [0.717, 1.165) is 22.2 Å². The summed E-state index contributed by atoms with van der Waals surface area (Å²) in [5.74, 6) is -0.561. The summed E-state index contributed by atoms with van der Waals surface area (Å²) in [6.07, 6.45) is 0.855. The van der Waals surface area contributed by atoms with Crippen LogP contribution in [0.2, 0.25) is 0 Å². The van der Waals surface area contributed by atoms with E-state index in [0.29, 0.717) is 43.9 Å². The standard InChI is InChI=1S/C30H37N3O5/c1-19(2)15-27(28(34)35)33-14-13-30(31,29(33)36)22-9-11-24(12-10-22)38-17-21-16-23(18-37-20(3)4)32-26-8-6-5-7-25(21)26/h5-12,16,19-20,27H,13-15,17-18,31H2,1-4H3,(H,34,35). The topological polar surface area (TPSA) is 115 Å². The average Bonchev–Trinajstić information content (AvgIpc) is 3.19. The smallest absolute Gasteiger partial charge is 0.326 e. The van der Waals surface area contributed by atoms with E-state index in [-0.39, 0.29) is 17.9 Å². The Balaban J connectivity index is 1.48. The second-order valence-electron chi connectivity index (χ2n) is 10.7. The van der Waals surface area contributed by atoms with Crippen molar-refractivity contribution in [3.05, 3.63) is 71.4 Å². The maximum absolute atomic E-state index is 13.3. The van der Waals surface area contributed by atoms with E-state index in [1.165, 1.54) is 4.90 Å². The first-order chi connectivity index (χ1) is 18.1. The zero-order valence-electron chi connectivity index (χ0n) is 22.5. The molecular formula is C30H37N3O5. The molecule has 0 aliphatic carbocycles. The second-order valence-corrected chi connectivity index (χ2v) is 10.7. The van der Waals surface area contributed by atoms with Crippen molar-refractivity contribution >= 4 is 22.8 Å². The Morgan fingerprint density at radius 1 is 1.11 bits per heavy atom. The van der Waals surface area contributed by atoms with Crippen LogP contribution in [0.15, 0.2) is 54.6 Å². The van der Waals surface area contributed by atoms with Gasteiger partial charge in [0.25, 0.3) is 0 Å². The fourth-order valence-corrected chi connectivity index (χ4v) is 4.90. The SMILES string of the molecule is CC(C)CC(C(=O)O)N1CCC(N)(c2ccc(OCc3cc(COC(C)C)nc4ccccc34)cc2)C1=O. The molecule has 2 unspecified atom stereocenters. The summed E-state index contributed by atoms with van der Waals surface area (Å²) in [6, 6.07) is 16.3. The summed E-state index contributed by atoms with van der Waals surface area (Å²) >= 11 is 0. The van der Waals surface area contributed by atoms with Crippen molar-refractivity contribution in [2.45, 2.75) is 71.4 Å². The van der Waals surface area contributed by atoms with Gasteiger partial charge in [0.15, 0.2) is 0 Å². The van der Waals surface area contributed by atoms with Crippen LogP contribution in [0.5, 0.6) is 5.75 Å². The van der Waals surface area contributed by atoms with Gasteiger partial charge in [0.1, 0.15) is 23.9 Å². The zero-order chi connectivity index (χ0) is 27.4. The third kappa shape index (κ3) is 5.97. The molecule has 3 aromatic rings. The van der Waals surface area contributed by atoms with Crippen LogP contribution in [0.4, 0.5) is 0 Å². The number of pyridine rings is 1.